The number of hydrogen-bond acceptors (Lipinski definition) is 4. The van der Waals surface area contributed by atoms with E-state index in [-0.39, 0.29) is 23.3 Å². The van der Waals surface area contributed by atoms with Gasteiger partial charge in [-0.25, -0.2) is 4.98 Å². The van der Waals surface area contributed by atoms with Gasteiger partial charge < -0.3 is 15.0 Å². The van der Waals surface area contributed by atoms with Gasteiger partial charge in [0, 0.05) is 50.5 Å². The predicted octanol–water partition coefficient (Wildman–Crippen LogP) is 3.85. The van der Waals surface area contributed by atoms with Crippen molar-refractivity contribution in [3.63, 3.8) is 0 Å². The fraction of sp³-hybridized carbons (Fsp3) is 0.500. The number of nitrogens with one attached hydrogen (secondary N) is 1. The Morgan fingerprint density at radius 1 is 1.12 bits per heavy atom. The van der Waals surface area contributed by atoms with Gasteiger partial charge in [0.15, 0.2) is 0 Å². The molecule has 32 heavy (non-hydrogen) atoms. The first kappa shape index (κ1) is 21.0. The number of benzene rings is 1. The third-order valence-electron chi connectivity index (χ3n) is 7.09. The molecule has 1 aliphatic carbocycles. The first-order valence-corrected chi connectivity index (χ1v) is 11.8. The summed E-state index contributed by atoms with van der Waals surface area (Å²) in [6.07, 6.45) is 5.29. The molecule has 5 rings (SSSR count). The van der Waals surface area contributed by atoms with Gasteiger partial charge in [0.2, 0.25) is 5.91 Å². The Hall–Kier alpha value is -2.89. The van der Waals surface area contributed by atoms with Crippen molar-refractivity contribution < 1.29 is 14.3 Å². The number of aromatic nitrogens is 1. The summed E-state index contributed by atoms with van der Waals surface area (Å²) < 4.78 is 6.55. The Kier molecular flexibility index (Phi) is 5.62. The molecule has 1 unspecified atom stereocenters. The SMILES string of the molecule is Cc1cccc(C(=O)N2CCC3(CC2)CC(CC(=O)NCC2CC2)c2ccccc2O3)n1. The van der Waals surface area contributed by atoms with Crippen LogP contribution in [0.15, 0.2) is 42.5 Å². The number of likely N-dealkylation sites (tertiary alicyclic amines) is 1. The largest absolute Gasteiger partial charge is 0.487 e. The van der Waals surface area contributed by atoms with Gasteiger partial charge in [0.05, 0.1) is 0 Å². The van der Waals surface area contributed by atoms with E-state index >= 15 is 0 Å². The molecule has 3 heterocycles. The van der Waals surface area contributed by atoms with E-state index in [1.807, 2.05) is 42.2 Å². The standard InChI is InChI=1S/C26H31N3O3/c1-18-5-4-7-22(28-18)25(31)29-13-11-26(12-14-29)16-20(15-24(30)27-17-19-9-10-19)21-6-2-3-8-23(21)32-26/h2-8,19-20H,9-17H2,1H3,(H,27,30). The van der Waals surface area contributed by atoms with Crippen LogP contribution in [0.2, 0.25) is 0 Å². The van der Waals surface area contributed by atoms with Crippen molar-refractivity contribution in [2.24, 2.45) is 5.92 Å². The van der Waals surface area contributed by atoms with E-state index in [0.29, 0.717) is 31.1 Å². The summed E-state index contributed by atoms with van der Waals surface area (Å²) in [4.78, 5) is 31.8. The van der Waals surface area contributed by atoms with Crippen LogP contribution in [0.1, 0.15) is 66.2 Å². The molecular weight excluding hydrogens is 402 g/mol. The summed E-state index contributed by atoms with van der Waals surface area (Å²) in [5, 5.41) is 3.12. The Balaban J connectivity index is 1.27. The molecule has 1 N–H and O–H groups in total. The van der Waals surface area contributed by atoms with Crippen molar-refractivity contribution in [2.75, 3.05) is 19.6 Å². The average molecular weight is 434 g/mol. The molecule has 168 valence electrons. The van der Waals surface area contributed by atoms with Crippen molar-refractivity contribution in [2.45, 2.75) is 57.0 Å². The highest BCUT2D eigenvalue weighted by atomic mass is 16.5. The predicted molar refractivity (Wildman–Crippen MR) is 122 cm³/mol. The maximum Gasteiger partial charge on any atom is 0.272 e. The van der Waals surface area contributed by atoms with E-state index in [2.05, 4.69) is 16.4 Å². The van der Waals surface area contributed by atoms with E-state index < -0.39 is 0 Å². The number of nitrogens with zero attached hydrogens (tertiary/aromatic N) is 2. The van der Waals surface area contributed by atoms with Crippen molar-refractivity contribution >= 4 is 11.8 Å². The van der Waals surface area contributed by atoms with E-state index in [1.165, 1.54) is 12.8 Å². The van der Waals surface area contributed by atoms with Gasteiger partial charge in [-0.1, -0.05) is 24.3 Å². The van der Waals surface area contributed by atoms with Crippen LogP contribution in [-0.4, -0.2) is 46.9 Å². The van der Waals surface area contributed by atoms with Crippen LogP contribution >= 0.6 is 0 Å². The summed E-state index contributed by atoms with van der Waals surface area (Å²) in [7, 11) is 0. The van der Waals surface area contributed by atoms with Gasteiger partial charge in [0.1, 0.15) is 17.0 Å². The summed E-state index contributed by atoms with van der Waals surface area (Å²) in [6.45, 7) is 3.98. The number of aryl methyl sites for hydroxylation is 1. The average Bonchev–Trinajstić information content (AvgIpc) is 3.62. The number of fused-ring (bicyclic) bond motifs is 1. The molecule has 1 saturated heterocycles. The lowest BCUT2D eigenvalue weighted by molar-refractivity contribution is -0.122. The number of carbonyl (C=O) groups excluding carboxylic acids is 2. The topological polar surface area (TPSA) is 71.5 Å². The summed E-state index contributed by atoms with van der Waals surface area (Å²) >= 11 is 0. The van der Waals surface area contributed by atoms with Crippen LogP contribution in [-0.2, 0) is 4.79 Å². The highest BCUT2D eigenvalue weighted by Crippen LogP contribution is 2.46. The van der Waals surface area contributed by atoms with Gasteiger partial charge in [-0.2, -0.15) is 0 Å². The molecule has 1 spiro atoms. The normalized spacial score (nSPS) is 21.5. The lowest BCUT2D eigenvalue weighted by atomic mass is 9.76. The molecule has 1 saturated carbocycles. The summed E-state index contributed by atoms with van der Waals surface area (Å²) in [5.41, 5.74) is 2.15. The number of hydrogen-bond donors (Lipinski definition) is 1. The molecule has 2 amide bonds. The molecule has 1 aromatic heterocycles. The molecule has 1 aromatic carbocycles. The molecule has 1 atom stereocenters. The molecule has 0 bridgehead atoms. The van der Waals surface area contributed by atoms with Gasteiger partial charge >= 0.3 is 0 Å². The lowest BCUT2D eigenvalue weighted by Crippen LogP contribution is -2.52. The zero-order valence-electron chi connectivity index (χ0n) is 18.7. The van der Waals surface area contributed by atoms with Crippen LogP contribution in [0.5, 0.6) is 5.75 Å². The number of carbonyl (C=O) groups is 2. The highest BCUT2D eigenvalue weighted by molar-refractivity contribution is 5.92. The molecule has 6 heteroatoms. The molecule has 2 fully saturated rings. The van der Waals surface area contributed by atoms with Crippen LogP contribution < -0.4 is 10.1 Å². The van der Waals surface area contributed by atoms with Crippen molar-refractivity contribution in [1.82, 2.24) is 15.2 Å². The fourth-order valence-electron chi connectivity index (χ4n) is 5.05. The highest BCUT2D eigenvalue weighted by Gasteiger charge is 2.44. The van der Waals surface area contributed by atoms with Gasteiger partial charge in [0.25, 0.3) is 5.91 Å². The minimum atomic E-state index is -0.327. The maximum atomic E-state index is 12.9. The quantitative estimate of drug-likeness (QED) is 0.778. The second-order valence-electron chi connectivity index (χ2n) is 9.63. The maximum absolute atomic E-state index is 12.9. The number of piperidine rings is 1. The van der Waals surface area contributed by atoms with Gasteiger partial charge in [-0.15, -0.1) is 0 Å². The number of para-hydroxylation sites is 1. The van der Waals surface area contributed by atoms with E-state index in [1.54, 1.807) is 6.07 Å². The van der Waals surface area contributed by atoms with Crippen LogP contribution in [0, 0.1) is 12.8 Å². The number of rotatable bonds is 5. The van der Waals surface area contributed by atoms with Crippen molar-refractivity contribution in [1.29, 1.82) is 0 Å². The molecule has 2 aliphatic heterocycles. The fourth-order valence-corrected chi connectivity index (χ4v) is 5.05. The van der Waals surface area contributed by atoms with E-state index in [0.717, 1.165) is 42.8 Å². The van der Waals surface area contributed by atoms with Gasteiger partial charge in [-0.3, -0.25) is 9.59 Å². The number of ether oxygens (including phenoxy) is 1. The molecule has 0 radical (unpaired) electrons. The Morgan fingerprint density at radius 3 is 2.66 bits per heavy atom. The summed E-state index contributed by atoms with van der Waals surface area (Å²) in [6, 6.07) is 13.7. The van der Waals surface area contributed by atoms with Crippen molar-refractivity contribution in [3.05, 3.63) is 59.4 Å². The van der Waals surface area contributed by atoms with Crippen LogP contribution in [0.3, 0.4) is 0 Å². The van der Waals surface area contributed by atoms with E-state index in [4.69, 9.17) is 4.74 Å². The molecule has 3 aliphatic rings. The molecule has 2 aromatic rings. The Morgan fingerprint density at radius 2 is 1.91 bits per heavy atom. The Bertz CT molecular complexity index is 1010. The summed E-state index contributed by atoms with van der Waals surface area (Å²) in [5.74, 6) is 1.82. The second kappa shape index (κ2) is 8.57. The lowest BCUT2D eigenvalue weighted by Gasteiger charge is -2.46. The minimum absolute atomic E-state index is 0.0178. The molecular formula is C26H31N3O3. The van der Waals surface area contributed by atoms with Crippen LogP contribution in [0.4, 0.5) is 0 Å². The van der Waals surface area contributed by atoms with Gasteiger partial charge in [-0.05, 0) is 55.9 Å². The minimum Gasteiger partial charge on any atom is -0.487 e. The molecule has 6 nitrogen and oxygen atoms in total. The zero-order chi connectivity index (χ0) is 22.1. The smallest absolute Gasteiger partial charge is 0.272 e. The van der Waals surface area contributed by atoms with Crippen LogP contribution in [0.25, 0.3) is 0 Å². The van der Waals surface area contributed by atoms with Crippen molar-refractivity contribution in [3.8, 4) is 5.75 Å². The van der Waals surface area contributed by atoms with E-state index in [9.17, 15) is 9.59 Å². The Labute approximate surface area is 189 Å². The first-order valence-electron chi connectivity index (χ1n) is 11.8. The second-order valence-corrected chi connectivity index (χ2v) is 9.63. The zero-order valence-corrected chi connectivity index (χ0v) is 18.7. The number of pyridine rings is 1. The third kappa shape index (κ3) is 4.50. The number of amides is 2. The third-order valence-corrected chi connectivity index (χ3v) is 7.09. The first-order chi connectivity index (χ1) is 15.5. The monoisotopic (exact) mass is 433 g/mol.